The van der Waals surface area contributed by atoms with E-state index < -0.39 is 0 Å². The number of rotatable bonds is 3. The Morgan fingerprint density at radius 1 is 1.45 bits per heavy atom. The van der Waals surface area contributed by atoms with Gasteiger partial charge in [-0.3, -0.25) is 4.79 Å². The van der Waals surface area contributed by atoms with E-state index in [9.17, 15) is 4.79 Å². The summed E-state index contributed by atoms with van der Waals surface area (Å²) in [6.45, 7) is 2.45. The van der Waals surface area contributed by atoms with Crippen LogP contribution in [-0.2, 0) is 11.2 Å². The van der Waals surface area contributed by atoms with Crippen molar-refractivity contribution in [2.24, 2.45) is 0 Å². The molecule has 4 nitrogen and oxygen atoms in total. The van der Waals surface area contributed by atoms with Crippen LogP contribution < -0.4 is 10.2 Å². The van der Waals surface area contributed by atoms with E-state index in [-0.39, 0.29) is 5.91 Å². The zero-order valence-corrected chi connectivity index (χ0v) is 13.2. The van der Waals surface area contributed by atoms with Crippen LogP contribution in [-0.4, -0.2) is 18.5 Å². The van der Waals surface area contributed by atoms with Crippen molar-refractivity contribution >= 4 is 27.9 Å². The predicted octanol–water partition coefficient (Wildman–Crippen LogP) is 3.40. The molecule has 112 valence electrons. The molecule has 3 rings (SSSR count). The molecular weight excluding hydrogens is 294 g/mol. The predicted molar refractivity (Wildman–Crippen MR) is 89.2 cm³/mol. The Labute approximate surface area is 134 Å². The highest BCUT2D eigenvalue weighted by Gasteiger charge is 2.24. The highest BCUT2D eigenvalue weighted by Crippen LogP contribution is 2.30. The number of benzene rings is 1. The zero-order chi connectivity index (χ0) is 15.5. The van der Waals surface area contributed by atoms with Crippen LogP contribution in [0.3, 0.4) is 0 Å². The Kier molecular flexibility index (Phi) is 4.12. The average Bonchev–Trinajstić information content (AvgIpc) is 2.97. The van der Waals surface area contributed by atoms with Crippen LogP contribution in [0.5, 0.6) is 0 Å². The normalized spacial score (nSPS) is 16.7. The first-order chi connectivity index (χ1) is 10.7. The first-order valence-electron chi connectivity index (χ1n) is 7.31. The number of aryl methyl sites for hydroxylation is 1. The SMILES string of the molecule is C[C@@H]1CCc2ccccc2N1CC(=O)Nc1sccc1C#N. The maximum Gasteiger partial charge on any atom is 0.244 e. The number of nitriles is 1. The summed E-state index contributed by atoms with van der Waals surface area (Å²) in [6.07, 6.45) is 2.10. The first-order valence-corrected chi connectivity index (χ1v) is 8.19. The quantitative estimate of drug-likeness (QED) is 0.945. The van der Waals surface area contributed by atoms with E-state index in [1.165, 1.54) is 16.9 Å². The lowest BCUT2D eigenvalue weighted by atomic mass is 9.97. The minimum absolute atomic E-state index is 0.0810. The van der Waals surface area contributed by atoms with E-state index in [1.54, 1.807) is 6.07 Å². The minimum Gasteiger partial charge on any atom is -0.359 e. The van der Waals surface area contributed by atoms with Crippen molar-refractivity contribution in [3.63, 3.8) is 0 Å². The molecule has 2 heterocycles. The lowest BCUT2D eigenvalue weighted by Gasteiger charge is -2.36. The number of hydrogen-bond acceptors (Lipinski definition) is 4. The molecule has 0 saturated carbocycles. The Hall–Kier alpha value is -2.32. The van der Waals surface area contributed by atoms with Crippen molar-refractivity contribution in [3.05, 3.63) is 46.8 Å². The second-order valence-corrected chi connectivity index (χ2v) is 6.38. The largest absolute Gasteiger partial charge is 0.359 e. The van der Waals surface area contributed by atoms with Gasteiger partial charge in [0.15, 0.2) is 0 Å². The first kappa shape index (κ1) is 14.6. The van der Waals surface area contributed by atoms with Crippen molar-refractivity contribution < 1.29 is 4.79 Å². The third-order valence-corrected chi connectivity index (χ3v) is 4.85. The summed E-state index contributed by atoms with van der Waals surface area (Å²) in [5.74, 6) is -0.0810. The van der Waals surface area contributed by atoms with Crippen LogP contribution in [0.2, 0.25) is 0 Å². The van der Waals surface area contributed by atoms with Gasteiger partial charge in [-0.25, -0.2) is 0 Å². The van der Waals surface area contributed by atoms with Gasteiger partial charge in [-0.05, 0) is 42.8 Å². The second kappa shape index (κ2) is 6.20. The van der Waals surface area contributed by atoms with Gasteiger partial charge < -0.3 is 10.2 Å². The molecule has 1 aliphatic heterocycles. The molecule has 1 aromatic heterocycles. The van der Waals surface area contributed by atoms with Gasteiger partial charge in [-0.2, -0.15) is 5.26 Å². The Balaban J connectivity index is 1.75. The monoisotopic (exact) mass is 311 g/mol. The molecule has 0 bridgehead atoms. The molecule has 1 atom stereocenters. The number of carbonyl (C=O) groups is 1. The van der Waals surface area contributed by atoms with E-state index in [0.29, 0.717) is 23.2 Å². The molecular formula is C17H17N3OS. The lowest BCUT2D eigenvalue weighted by molar-refractivity contribution is -0.115. The molecule has 1 aromatic carbocycles. The Morgan fingerprint density at radius 2 is 2.27 bits per heavy atom. The molecule has 0 radical (unpaired) electrons. The highest BCUT2D eigenvalue weighted by molar-refractivity contribution is 7.14. The van der Waals surface area contributed by atoms with E-state index in [2.05, 4.69) is 35.3 Å². The molecule has 22 heavy (non-hydrogen) atoms. The number of hydrogen-bond donors (Lipinski definition) is 1. The second-order valence-electron chi connectivity index (χ2n) is 5.47. The summed E-state index contributed by atoms with van der Waals surface area (Å²) >= 11 is 1.38. The fraction of sp³-hybridized carbons (Fsp3) is 0.294. The van der Waals surface area contributed by atoms with Crippen molar-refractivity contribution in [2.75, 3.05) is 16.8 Å². The van der Waals surface area contributed by atoms with Crippen LogP contribution in [0.4, 0.5) is 10.7 Å². The maximum atomic E-state index is 12.3. The number of para-hydroxylation sites is 1. The summed E-state index contributed by atoms with van der Waals surface area (Å²) < 4.78 is 0. The van der Waals surface area contributed by atoms with Crippen LogP contribution in [0.25, 0.3) is 0 Å². The topological polar surface area (TPSA) is 56.1 Å². The van der Waals surface area contributed by atoms with Gasteiger partial charge in [0, 0.05) is 11.7 Å². The van der Waals surface area contributed by atoms with Crippen LogP contribution >= 0.6 is 11.3 Å². The molecule has 1 amide bonds. The van der Waals surface area contributed by atoms with Gasteiger partial charge in [0.25, 0.3) is 0 Å². The van der Waals surface area contributed by atoms with Gasteiger partial charge in [-0.15, -0.1) is 11.3 Å². The summed E-state index contributed by atoms with van der Waals surface area (Å²) in [6, 6.07) is 12.4. The number of thiophene rings is 1. The maximum absolute atomic E-state index is 12.3. The van der Waals surface area contributed by atoms with E-state index >= 15 is 0 Å². The summed E-state index contributed by atoms with van der Waals surface area (Å²) in [7, 11) is 0. The number of carbonyl (C=O) groups excluding carboxylic acids is 1. The Morgan fingerprint density at radius 3 is 3.09 bits per heavy atom. The van der Waals surface area contributed by atoms with Gasteiger partial charge in [0.2, 0.25) is 5.91 Å². The van der Waals surface area contributed by atoms with Gasteiger partial charge in [0.1, 0.15) is 11.1 Å². The average molecular weight is 311 g/mol. The van der Waals surface area contributed by atoms with E-state index in [1.807, 2.05) is 17.5 Å². The summed E-state index contributed by atoms with van der Waals surface area (Å²) in [4.78, 5) is 14.5. The van der Waals surface area contributed by atoms with Crippen molar-refractivity contribution in [1.29, 1.82) is 5.26 Å². The number of fused-ring (bicyclic) bond motifs is 1. The van der Waals surface area contributed by atoms with Gasteiger partial charge >= 0.3 is 0 Å². The molecule has 0 aliphatic carbocycles. The third-order valence-electron chi connectivity index (χ3n) is 4.02. The van der Waals surface area contributed by atoms with Crippen molar-refractivity contribution in [2.45, 2.75) is 25.8 Å². The molecule has 0 spiro atoms. The molecule has 5 heteroatoms. The van der Waals surface area contributed by atoms with Gasteiger partial charge in [-0.1, -0.05) is 18.2 Å². The highest BCUT2D eigenvalue weighted by atomic mass is 32.1. The van der Waals surface area contributed by atoms with Crippen molar-refractivity contribution in [3.8, 4) is 6.07 Å². The standard InChI is InChI=1S/C17H17N3OS/c1-12-6-7-13-4-2-3-5-15(13)20(12)11-16(21)19-17-14(10-18)8-9-22-17/h2-5,8-9,12H,6-7,11H2,1H3,(H,19,21)/t12-/m1/s1. The molecule has 0 unspecified atom stereocenters. The summed E-state index contributed by atoms with van der Waals surface area (Å²) in [5, 5.41) is 14.3. The van der Waals surface area contributed by atoms with Crippen LogP contribution in [0.1, 0.15) is 24.5 Å². The fourth-order valence-corrected chi connectivity index (χ4v) is 3.57. The van der Waals surface area contributed by atoms with Crippen LogP contribution in [0, 0.1) is 11.3 Å². The summed E-state index contributed by atoms with van der Waals surface area (Å²) in [5.41, 5.74) is 2.95. The van der Waals surface area contributed by atoms with E-state index in [4.69, 9.17) is 5.26 Å². The minimum atomic E-state index is -0.0810. The number of nitrogens with one attached hydrogen (secondary N) is 1. The number of amides is 1. The third kappa shape index (κ3) is 2.83. The Bertz CT molecular complexity index is 732. The van der Waals surface area contributed by atoms with Gasteiger partial charge in [0.05, 0.1) is 12.1 Å². The van der Waals surface area contributed by atoms with Crippen LogP contribution in [0.15, 0.2) is 35.7 Å². The van der Waals surface area contributed by atoms with Crippen molar-refractivity contribution in [1.82, 2.24) is 0 Å². The zero-order valence-electron chi connectivity index (χ0n) is 12.4. The fourth-order valence-electron chi connectivity index (χ4n) is 2.82. The number of nitrogens with zero attached hydrogens (tertiary/aromatic N) is 2. The smallest absolute Gasteiger partial charge is 0.244 e. The molecule has 2 aromatic rings. The molecule has 1 aliphatic rings. The van der Waals surface area contributed by atoms with E-state index in [0.717, 1.165) is 18.5 Å². The molecule has 1 N–H and O–H groups in total. The number of anilines is 2. The molecule has 0 fully saturated rings. The molecule has 0 saturated heterocycles. The lowest BCUT2D eigenvalue weighted by Crippen LogP contribution is -2.42.